The third kappa shape index (κ3) is 11.9. The summed E-state index contributed by atoms with van der Waals surface area (Å²) in [5, 5.41) is 33.7. The number of benzene rings is 25. The Kier molecular flexibility index (Phi) is 17.8. The van der Waals surface area contributed by atoms with Gasteiger partial charge in [-0.15, -0.1) is 0 Å². The second-order valence-electron chi connectivity index (χ2n) is 42.5. The van der Waals surface area contributed by atoms with Gasteiger partial charge in [-0.3, -0.25) is 0 Å². The highest BCUT2D eigenvalue weighted by Crippen LogP contribution is 2.58. The molecule has 0 atom stereocenters. The molecule has 25 aromatic carbocycles. The molecule has 0 saturated heterocycles. The Hall–Kier alpha value is -18.5. The largest absolute Gasteiger partial charge is 0.436 e. The molecule has 148 heavy (non-hydrogen) atoms. The van der Waals surface area contributed by atoms with Crippen LogP contribution in [-0.4, -0.2) is 23.3 Å². The van der Waals surface area contributed by atoms with E-state index in [4.69, 9.17) is 9.40 Å². The zero-order valence-corrected chi connectivity index (χ0v) is 82.6. The Balaban J connectivity index is 0.000000101. The maximum Gasteiger partial charge on any atom is 0.227 e. The molecule has 33 rings (SSSR count). The third-order valence-corrected chi connectivity index (χ3v) is 33.8. The van der Waals surface area contributed by atoms with E-state index in [9.17, 15) is 0 Å². The third-order valence-electron chi connectivity index (χ3n) is 33.8. The molecular weight excluding hydrogens is 1790 g/mol. The Bertz CT molecular complexity index is 10900. The SMILES string of the molecule is CC1(C)c2ccccc2-c2cc3c4c5c6ccccc6c6ccccc6c5ccc4n(-c4ccc(-c5ccccc5)cc4)c3cc21.CC1(C)c2ccccc2-c2cc3c4c5c6ccccc6c6ccccc6c5ccc4n(-c4ccc(-n5c6ccccc6c6ccccc65)cc4)c3cc21.CC1(C)c2ccccc2-c2cc3c4c5c6ccccc6c6ccccc6c5ccc4n(-c4cccc(-c5nc6ccccc6o5)c4)c3cc21. The Morgan fingerprint density at radius 2 is 0.453 bits per heavy atom. The highest BCUT2D eigenvalue weighted by atomic mass is 16.3. The van der Waals surface area contributed by atoms with Gasteiger partial charge in [-0.25, -0.2) is 4.98 Å². The van der Waals surface area contributed by atoms with Gasteiger partial charge in [0.05, 0.1) is 44.1 Å². The van der Waals surface area contributed by atoms with E-state index in [-0.39, 0.29) is 16.2 Å². The highest BCUT2D eigenvalue weighted by molar-refractivity contribution is 6.39. The van der Waals surface area contributed by atoms with Crippen molar-refractivity contribution in [2.24, 2.45) is 0 Å². The van der Waals surface area contributed by atoms with Crippen molar-refractivity contribution in [3.8, 4) is 78.7 Å². The first-order valence-electron chi connectivity index (χ1n) is 51.8. The van der Waals surface area contributed by atoms with Crippen LogP contribution >= 0.6 is 0 Å². The number of hydrogen-bond acceptors (Lipinski definition) is 2. The Morgan fingerprint density at radius 3 is 0.831 bits per heavy atom. The molecule has 3 aliphatic carbocycles. The molecule has 0 N–H and O–H groups in total. The molecule has 0 spiro atoms. The summed E-state index contributed by atoms with van der Waals surface area (Å²) in [7, 11) is 0. The lowest BCUT2D eigenvalue weighted by Crippen LogP contribution is -2.14. The molecule has 694 valence electrons. The molecule has 0 radical (unpaired) electrons. The van der Waals surface area contributed by atoms with Crippen LogP contribution in [0.3, 0.4) is 0 Å². The summed E-state index contributed by atoms with van der Waals surface area (Å²) in [6.07, 6.45) is 0. The zero-order valence-electron chi connectivity index (χ0n) is 82.6. The molecule has 5 aromatic heterocycles. The first-order chi connectivity index (χ1) is 72.7. The summed E-state index contributed by atoms with van der Waals surface area (Å²) in [5.74, 6) is 0.629. The quantitative estimate of drug-likeness (QED) is 0.156. The summed E-state index contributed by atoms with van der Waals surface area (Å²) in [6, 6.07) is 172. The number of hydrogen-bond donors (Lipinski definition) is 0. The first-order valence-corrected chi connectivity index (χ1v) is 51.8. The maximum absolute atomic E-state index is 6.25. The van der Waals surface area contributed by atoms with Crippen molar-refractivity contribution in [3.63, 3.8) is 0 Å². The van der Waals surface area contributed by atoms with E-state index in [0.29, 0.717) is 5.89 Å². The van der Waals surface area contributed by atoms with Gasteiger partial charge in [-0.1, -0.05) is 375 Å². The van der Waals surface area contributed by atoms with Crippen molar-refractivity contribution in [2.45, 2.75) is 57.8 Å². The van der Waals surface area contributed by atoms with Gasteiger partial charge >= 0.3 is 0 Å². The van der Waals surface area contributed by atoms with E-state index >= 15 is 0 Å². The van der Waals surface area contributed by atoms with E-state index < -0.39 is 0 Å². The minimum Gasteiger partial charge on any atom is -0.436 e. The second kappa shape index (κ2) is 31.3. The number of fused-ring (bicyclic) bond motifs is 43. The van der Waals surface area contributed by atoms with Crippen LogP contribution < -0.4 is 0 Å². The highest BCUT2D eigenvalue weighted by Gasteiger charge is 2.41. The minimum absolute atomic E-state index is 0.0798. The van der Waals surface area contributed by atoms with E-state index in [0.717, 1.165) is 33.7 Å². The number of nitrogens with zero attached hydrogens (tertiary/aromatic N) is 5. The summed E-state index contributed by atoms with van der Waals surface area (Å²) in [6.45, 7) is 14.2. The molecule has 5 heterocycles. The Labute approximate surface area is 853 Å². The molecule has 0 bridgehead atoms. The van der Waals surface area contributed by atoms with Gasteiger partial charge in [-0.2, -0.15) is 0 Å². The molecule has 3 aliphatic rings. The number of para-hydroxylation sites is 4. The maximum atomic E-state index is 6.25. The van der Waals surface area contributed by atoms with Crippen LogP contribution in [-0.2, 0) is 16.2 Å². The molecule has 0 aliphatic heterocycles. The molecule has 30 aromatic rings. The van der Waals surface area contributed by atoms with Gasteiger partial charge in [0.25, 0.3) is 0 Å². The first kappa shape index (κ1) is 84.1. The Morgan fingerprint density at radius 1 is 0.169 bits per heavy atom. The van der Waals surface area contributed by atoms with Crippen LogP contribution in [0.5, 0.6) is 0 Å². The molecule has 0 saturated carbocycles. The zero-order chi connectivity index (χ0) is 98.0. The van der Waals surface area contributed by atoms with Crippen molar-refractivity contribution in [2.75, 3.05) is 0 Å². The van der Waals surface area contributed by atoms with E-state index in [2.05, 4.69) is 503 Å². The predicted octanol–water partition coefficient (Wildman–Crippen LogP) is 38.2. The molecular formula is C142H95N5O. The average molecular weight is 1890 g/mol. The summed E-state index contributed by atoms with van der Waals surface area (Å²) < 4.78 is 16.1. The lowest BCUT2D eigenvalue weighted by molar-refractivity contribution is 0.620. The average Bonchev–Trinajstić information content (AvgIpc) is 1.54. The summed E-state index contributed by atoms with van der Waals surface area (Å²) >= 11 is 0. The van der Waals surface area contributed by atoms with E-state index in [1.807, 2.05) is 24.3 Å². The van der Waals surface area contributed by atoms with Crippen molar-refractivity contribution in [3.05, 3.63) is 500 Å². The molecule has 0 unspecified atom stereocenters. The summed E-state index contributed by atoms with van der Waals surface area (Å²) in [4.78, 5) is 4.85. The van der Waals surface area contributed by atoms with Gasteiger partial charge in [-0.05, 0) is 292 Å². The fraction of sp³-hybridized carbons (Fsp3) is 0.0634. The van der Waals surface area contributed by atoms with Crippen molar-refractivity contribution < 1.29 is 4.42 Å². The van der Waals surface area contributed by atoms with Crippen LogP contribution in [0.1, 0.15) is 74.9 Å². The molecule has 6 heteroatoms. The predicted molar refractivity (Wildman–Crippen MR) is 625 cm³/mol. The van der Waals surface area contributed by atoms with Crippen molar-refractivity contribution in [1.29, 1.82) is 0 Å². The smallest absolute Gasteiger partial charge is 0.227 e. The van der Waals surface area contributed by atoms with Crippen molar-refractivity contribution >= 4 is 195 Å². The van der Waals surface area contributed by atoms with E-state index in [1.54, 1.807) is 0 Å². The molecule has 0 fully saturated rings. The number of aromatic nitrogens is 5. The van der Waals surface area contributed by atoms with Crippen LogP contribution in [0.25, 0.3) is 274 Å². The standard InChI is InChI=1S/C51H34N2.C46H30N2O.C45H31N/c1-51(2)43-20-10-7-16-36(43)41-29-42-48(30-44(41)51)53(32-25-23-31(24-26-32)52-45-21-11-8-17-37(45)38-18-9-12-22-46(38)52)47-28-27-40-35-15-4-3-13-33(35)34-14-5-6-19-39(34)49(40)50(42)47;1-46(2)37-19-8-7-17-32(37)35-25-36-41(26-38(35)46)48(28-13-11-12-27(24-28)45-47-39-20-9-10-21-42(39)49-45)40-23-22-34-31-16-4-3-14-29(31)30-15-5-6-18-33(30)43(34)44(36)40;1-45(2)39-19-11-10-17-34(39)37-26-38-42(27-40(37)45)46(30-22-20-29(21-23-30)28-12-4-3-5-13-28)41-25-24-36-33-16-7-6-14-31(33)32-15-8-9-18-35(32)43(36)44(38)41/h3-30H,1-2H3;3-26H,1-2H3;3-27H,1-2H3. The normalized spacial score (nSPS) is 13.6. The fourth-order valence-electron chi connectivity index (χ4n) is 27.1. The topological polar surface area (TPSA) is 45.8 Å². The monoisotopic (exact) mass is 1890 g/mol. The summed E-state index contributed by atoms with van der Waals surface area (Å²) in [5.41, 5.74) is 35.5. The lowest BCUT2D eigenvalue weighted by atomic mass is 9.82. The van der Waals surface area contributed by atoms with Crippen molar-refractivity contribution in [1.82, 2.24) is 23.3 Å². The van der Waals surface area contributed by atoms with E-state index in [1.165, 1.54) is 268 Å². The van der Waals surface area contributed by atoms with Gasteiger partial charge in [0.1, 0.15) is 5.52 Å². The van der Waals surface area contributed by atoms with Crippen LogP contribution in [0, 0.1) is 0 Å². The van der Waals surface area contributed by atoms with Crippen LogP contribution in [0.4, 0.5) is 0 Å². The molecule has 6 nitrogen and oxygen atoms in total. The second-order valence-corrected chi connectivity index (χ2v) is 42.5. The number of oxazole rings is 1. The molecule has 0 amide bonds. The fourth-order valence-corrected chi connectivity index (χ4v) is 27.1. The van der Waals surface area contributed by atoms with Gasteiger partial charge in [0, 0.05) is 104 Å². The van der Waals surface area contributed by atoms with Gasteiger partial charge in [0.15, 0.2) is 5.58 Å². The van der Waals surface area contributed by atoms with Crippen LogP contribution in [0.15, 0.2) is 472 Å². The van der Waals surface area contributed by atoms with Crippen LogP contribution in [0.2, 0.25) is 0 Å². The van der Waals surface area contributed by atoms with Gasteiger partial charge < -0.3 is 22.7 Å². The minimum atomic E-state index is -0.119. The lowest BCUT2D eigenvalue weighted by Gasteiger charge is -2.21. The number of rotatable bonds is 6. The van der Waals surface area contributed by atoms with Gasteiger partial charge in [0.2, 0.25) is 5.89 Å².